The standard InChI is InChI=1S/C10H9BrF2O/c1-2-3-14-6-7-4-8(12)5-9(13)10(7)11/h2,4-5H,1,3,6H2. The molecule has 0 heterocycles. The fraction of sp³-hybridized carbons (Fsp3) is 0.200. The van der Waals surface area contributed by atoms with Crippen LogP contribution in [0.5, 0.6) is 0 Å². The second-order valence-corrected chi connectivity index (χ2v) is 3.46. The normalized spacial score (nSPS) is 10.2. The van der Waals surface area contributed by atoms with Crippen LogP contribution in [0, 0.1) is 11.6 Å². The minimum Gasteiger partial charge on any atom is -0.373 e. The van der Waals surface area contributed by atoms with Crippen molar-refractivity contribution in [2.45, 2.75) is 6.61 Å². The summed E-state index contributed by atoms with van der Waals surface area (Å²) in [5, 5.41) is 0. The largest absolute Gasteiger partial charge is 0.373 e. The monoisotopic (exact) mass is 262 g/mol. The Morgan fingerprint density at radius 1 is 1.43 bits per heavy atom. The Labute approximate surface area is 89.5 Å². The predicted octanol–water partition coefficient (Wildman–Crippen LogP) is 3.43. The van der Waals surface area contributed by atoms with E-state index in [1.807, 2.05) is 0 Å². The van der Waals surface area contributed by atoms with E-state index in [4.69, 9.17) is 4.74 Å². The Bertz CT molecular complexity index is 339. The van der Waals surface area contributed by atoms with Crippen LogP contribution in [0.4, 0.5) is 8.78 Å². The SMILES string of the molecule is C=CCOCc1cc(F)cc(F)c1Br. The Morgan fingerprint density at radius 2 is 2.14 bits per heavy atom. The van der Waals surface area contributed by atoms with Crippen LogP contribution in [-0.2, 0) is 11.3 Å². The molecule has 0 aliphatic heterocycles. The van der Waals surface area contributed by atoms with Gasteiger partial charge in [0.25, 0.3) is 0 Å². The lowest BCUT2D eigenvalue weighted by Gasteiger charge is -2.05. The van der Waals surface area contributed by atoms with Gasteiger partial charge in [-0.15, -0.1) is 6.58 Å². The van der Waals surface area contributed by atoms with Crippen molar-refractivity contribution in [2.24, 2.45) is 0 Å². The average Bonchev–Trinajstić information content (AvgIpc) is 2.13. The fourth-order valence-electron chi connectivity index (χ4n) is 0.967. The van der Waals surface area contributed by atoms with E-state index in [2.05, 4.69) is 22.5 Å². The van der Waals surface area contributed by atoms with Crippen LogP contribution < -0.4 is 0 Å². The molecule has 0 amide bonds. The van der Waals surface area contributed by atoms with E-state index in [1.165, 1.54) is 6.07 Å². The van der Waals surface area contributed by atoms with Gasteiger partial charge in [-0.3, -0.25) is 0 Å². The molecule has 14 heavy (non-hydrogen) atoms. The van der Waals surface area contributed by atoms with Gasteiger partial charge in [-0.05, 0) is 27.6 Å². The van der Waals surface area contributed by atoms with E-state index >= 15 is 0 Å². The van der Waals surface area contributed by atoms with E-state index < -0.39 is 11.6 Å². The number of ether oxygens (including phenoxy) is 1. The zero-order valence-corrected chi connectivity index (χ0v) is 8.98. The van der Waals surface area contributed by atoms with Gasteiger partial charge in [0.1, 0.15) is 11.6 Å². The molecule has 0 radical (unpaired) electrons. The topological polar surface area (TPSA) is 9.23 Å². The smallest absolute Gasteiger partial charge is 0.140 e. The van der Waals surface area contributed by atoms with Crippen molar-refractivity contribution in [1.29, 1.82) is 0 Å². The second kappa shape index (κ2) is 5.22. The predicted molar refractivity (Wildman–Crippen MR) is 53.9 cm³/mol. The highest BCUT2D eigenvalue weighted by Gasteiger charge is 2.08. The summed E-state index contributed by atoms with van der Waals surface area (Å²) in [5.41, 5.74) is 0.448. The molecule has 0 bridgehead atoms. The first kappa shape index (κ1) is 11.3. The van der Waals surface area contributed by atoms with Crippen molar-refractivity contribution in [3.8, 4) is 0 Å². The summed E-state index contributed by atoms with van der Waals surface area (Å²) in [4.78, 5) is 0. The average molecular weight is 263 g/mol. The van der Waals surface area contributed by atoms with E-state index in [0.29, 0.717) is 12.2 Å². The molecule has 0 fully saturated rings. The summed E-state index contributed by atoms with van der Waals surface area (Å²) in [6, 6.07) is 2.05. The van der Waals surface area contributed by atoms with Gasteiger partial charge in [0, 0.05) is 6.07 Å². The molecule has 0 spiro atoms. The van der Waals surface area contributed by atoms with Crippen LogP contribution in [-0.4, -0.2) is 6.61 Å². The molecular formula is C10H9BrF2O. The van der Waals surface area contributed by atoms with Gasteiger partial charge in [-0.1, -0.05) is 6.08 Å². The number of benzene rings is 1. The molecular weight excluding hydrogens is 254 g/mol. The highest BCUT2D eigenvalue weighted by molar-refractivity contribution is 9.10. The van der Waals surface area contributed by atoms with Crippen LogP contribution in [0.3, 0.4) is 0 Å². The minimum absolute atomic E-state index is 0.154. The molecule has 0 saturated carbocycles. The highest BCUT2D eigenvalue weighted by atomic mass is 79.9. The third-order valence-corrected chi connectivity index (χ3v) is 2.45. The van der Waals surface area contributed by atoms with Crippen molar-refractivity contribution in [1.82, 2.24) is 0 Å². The molecule has 4 heteroatoms. The second-order valence-electron chi connectivity index (χ2n) is 2.66. The molecule has 0 N–H and O–H groups in total. The number of rotatable bonds is 4. The first-order valence-electron chi connectivity index (χ1n) is 3.97. The Morgan fingerprint density at radius 3 is 2.79 bits per heavy atom. The van der Waals surface area contributed by atoms with Gasteiger partial charge in [-0.2, -0.15) is 0 Å². The van der Waals surface area contributed by atoms with Crippen molar-refractivity contribution in [2.75, 3.05) is 6.61 Å². The molecule has 0 saturated heterocycles. The Kier molecular flexibility index (Phi) is 4.22. The summed E-state index contributed by atoms with van der Waals surface area (Å²) >= 11 is 3.02. The molecule has 0 atom stereocenters. The third kappa shape index (κ3) is 2.89. The van der Waals surface area contributed by atoms with E-state index in [9.17, 15) is 8.78 Å². The lowest BCUT2D eigenvalue weighted by molar-refractivity contribution is 0.148. The van der Waals surface area contributed by atoms with Crippen LogP contribution >= 0.6 is 15.9 Å². The van der Waals surface area contributed by atoms with E-state index in [1.54, 1.807) is 6.08 Å². The maximum absolute atomic E-state index is 13.0. The van der Waals surface area contributed by atoms with E-state index in [-0.39, 0.29) is 11.1 Å². The van der Waals surface area contributed by atoms with Gasteiger partial charge in [0.2, 0.25) is 0 Å². The molecule has 1 nitrogen and oxygen atoms in total. The quantitative estimate of drug-likeness (QED) is 0.459. The molecule has 0 aliphatic rings. The first-order chi connectivity index (χ1) is 6.65. The van der Waals surface area contributed by atoms with E-state index in [0.717, 1.165) is 6.07 Å². The van der Waals surface area contributed by atoms with Gasteiger partial charge >= 0.3 is 0 Å². The van der Waals surface area contributed by atoms with Crippen molar-refractivity contribution in [3.05, 3.63) is 46.5 Å². The maximum atomic E-state index is 13.0. The molecule has 0 aromatic heterocycles. The van der Waals surface area contributed by atoms with Crippen molar-refractivity contribution >= 4 is 15.9 Å². The van der Waals surface area contributed by atoms with Crippen LogP contribution in [0.25, 0.3) is 0 Å². The molecule has 0 unspecified atom stereocenters. The number of hydrogen-bond donors (Lipinski definition) is 0. The Balaban J connectivity index is 2.79. The molecule has 1 aromatic carbocycles. The van der Waals surface area contributed by atoms with Crippen LogP contribution in [0.2, 0.25) is 0 Å². The third-order valence-electron chi connectivity index (χ3n) is 1.56. The van der Waals surface area contributed by atoms with Crippen molar-refractivity contribution in [3.63, 3.8) is 0 Å². The zero-order chi connectivity index (χ0) is 10.6. The van der Waals surface area contributed by atoms with Gasteiger partial charge < -0.3 is 4.74 Å². The van der Waals surface area contributed by atoms with Gasteiger partial charge in [-0.25, -0.2) is 8.78 Å². The lowest BCUT2D eigenvalue weighted by Crippen LogP contribution is -1.96. The molecule has 1 aromatic rings. The van der Waals surface area contributed by atoms with Gasteiger partial charge in [0.05, 0.1) is 17.7 Å². The Hall–Kier alpha value is -0.740. The summed E-state index contributed by atoms with van der Waals surface area (Å²) in [7, 11) is 0. The lowest BCUT2D eigenvalue weighted by atomic mass is 10.2. The van der Waals surface area contributed by atoms with Gasteiger partial charge in [0.15, 0.2) is 0 Å². The summed E-state index contributed by atoms with van der Waals surface area (Å²) in [6.45, 7) is 3.97. The summed E-state index contributed by atoms with van der Waals surface area (Å²) < 4.78 is 31.1. The maximum Gasteiger partial charge on any atom is 0.140 e. The molecule has 0 aliphatic carbocycles. The molecule has 1 rings (SSSR count). The van der Waals surface area contributed by atoms with Crippen LogP contribution in [0.1, 0.15) is 5.56 Å². The summed E-state index contributed by atoms with van der Waals surface area (Å²) in [5.74, 6) is -1.23. The van der Waals surface area contributed by atoms with Crippen LogP contribution in [0.15, 0.2) is 29.3 Å². The molecule has 76 valence electrons. The zero-order valence-electron chi connectivity index (χ0n) is 7.40. The summed E-state index contributed by atoms with van der Waals surface area (Å²) in [6.07, 6.45) is 1.57. The number of halogens is 3. The first-order valence-corrected chi connectivity index (χ1v) is 4.76. The fourth-order valence-corrected chi connectivity index (χ4v) is 1.31. The minimum atomic E-state index is -0.623. The highest BCUT2D eigenvalue weighted by Crippen LogP contribution is 2.22. The number of hydrogen-bond acceptors (Lipinski definition) is 1. The van der Waals surface area contributed by atoms with Crippen molar-refractivity contribution < 1.29 is 13.5 Å².